The number of hydrogen-bond donors (Lipinski definition) is 2. The Balaban J connectivity index is 1.84. The molecule has 0 aliphatic heterocycles. The van der Waals surface area contributed by atoms with Crippen LogP contribution in [-0.4, -0.2) is 11.9 Å². The van der Waals surface area contributed by atoms with Crippen molar-refractivity contribution in [2.75, 3.05) is 0 Å². The lowest BCUT2D eigenvalue weighted by Crippen LogP contribution is -2.36. The lowest BCUT2D eigenvalue weighted by molar-refractivity contribution is -0.122. The maximum absolute atomic E-state index is 11.1. The molecule has 1 saturated carbocycles. The molecule has 1 fully saturated rings. The largest absolute Gasteiger partial charge is 0.369 e. The molecule has 0 spiro atoms. The quantitative estimate of drug-likeness (QED) is 0.861. The maximum atomic E-state index is 11.1. The van der Waals surface area contributed by atoms with Gasteiger partial charge in [-0.05, 0) is 37.3 Å². The summed E-state index contributed by atoms with van der Waals surface area (Å²) in [7, 11) is 0. The van der Waals surface area contributed by atoms with Gasteiger partial charge in [0.05, 0.1) is 11.6 Å². The Hall–Kier alpha value is -1.86. The molecule has 1 aliphatic carbocycles. The summed E-state index contributed by atoms with van der Waals surface area (Å²) in [5.74, 6) is -0.127. The van der Waals surface area contributed by atoms with Crippen LogP contribution in [0.5, 0.6) is 0 Å². The van der Waals surface area contributed by atoms with Crippen LogP contribution in [0, 0.1) is 17.2 Å². The average Bonchev–Trinajstić information content (AvgIpc) is 2.45. The van der Waals surface area contributed by atoms with Crippen molar-refractivity contribution < 1.29 is 4.79 Å². The molecule has 0 aromatic heterocycles. The molecule has 1 amide bonds. The Morgan fingerprint density at radius 1 is 1.32 bits per heavy atom. The standard InChI is InChI=1S/C15H19N3O/c16-9-12-3-1-2-4-13(12)10-18-14-7-5-11(6-8-14)15(17)19/h1-4,11,14,18H,5-8,10H2,(H2,17,19). The lowest BCUT2D eigenvalue weighted by atomic mass is 9.85. The van der Waals surface area contributed by atoms with E-state index in [1.54, 1.807) is 0 Å². The predicted molar refractivity (Wildman–Crippen MR) is 72.9 cm³/mol. The molecule has 1 aromatic carbocycles. The third-order valence-electron chi connectivity index (χ3n) is 3.85. The zero-order valence-electron chi connectivity index (χ0n) is 10.9. The Labute approximate surface area is 113 Å². The molecule has 0 heterocycles. The number of nitrogens with two attached hydrogens (primary N) is 1. The van der Waals surface area contributed by atoms with Gasteiger partial charge in [0.25, 0.3) is 0 Å². The van der Waals surface area contributed by atoms with Gasteiger partial charge in [-0.1, -0.05) is 18.2 Å². The fraction of sp³-hybridized carbons (Fsp3) is 0.467. The summed E-state index contributed by atoms with van der Waals surface area (Å²) in [6.07, 6.45) is 3.68. The van der Waals surface area contributed by atoms with Gasteiger partial charge in [0.2, 0.25) is 5.91 Å². The molecule has 0 atom stereocenters. The number of hydrogen-bond acceptors (Lipinski definition) is 3. The minimum Gasteiger partial charge on any atom is -0.369 e. The summed E-state index contributed by atoms with van der Waals surface area (Å²) in [4.78, 5) is 11.1. The van der Waals surface area contributed by atoms with Gasteiger partial charge in [-0.2, -0.15) is 5.26 Å². The molecule has 0 radical (unpaired) electrons. The molecule has 0 unspecified atom stereocenters. The van der Waals surface area contributed by atoms with E-state index in [9.17, 15) is 4.79 Å². The fourth-order valence-electron chi connectivity index (χ4n) is 2.62. The third-order valence-corrected chi connectivity index (χ3v) is 3.85. The molecule has 3 N–H and O–H groups in total. The maximum Gasteiger partial charge on any atom is 0.220 e. The number of carbonyl (C=O) groups excluding carboxylic acids is 1. The topological polar surface area (TPSA) is 78.9 Å². The van der Waals surface area contributed by atoms with Crippen LogP contribution >= 0.6 is 0 Å². The van der Waals surface area contributed by atoms with Gasteiger partial charge in [-0.25, -0.2) is 0 Å². The van der Waals surface area contributed by atoms with E-state index >= 15 is 0 Å². The van der Waals surface area contributed by atoms with Gasteiger partial charge >= 0.3 is 0 Å². The molecule has 4 heteroatoms. The highest BCUT2D eigenvalue weighted by molar-refractivity contribution is 5.76. The van der Waals surface area contributed by atoms with Crippen LogP contribution < -0.4 is 11.1 Å². The lowest BCUT2D eigenvalue weighted by Gasteiger charge is -2.27. The van der Waals surface area contributed by atoms with Crippen LogP contribution in [0.25, 0.3) is 0 Å². The van der Waals surface area contributed by atoms with Gasteiger partial charge in [-0.15, -0.1) is 0 Å². The number of nitrogens with zero attached hydrogens (tertiary/aromatic N) is 1. The Morgan fingerprint density at radius 3 is 2.63 bits per heavy atom. The van der Waals surface area contributed by atoms with Crippen LogP contribution in [0.3, 0.4) is 0 Å². The van der Waals surface area contributed by atoms with E-state index in [1.807, 2.05) is 24.3 Å². The minimum absolute atomic E-state index is 0.0458. The van der Waals surface area contributed by atoms with Crippen molar-refractivity contribution in [3.05, 3.63) is 35.4 Å². The molecular weight excluding hydrogens is 238 g/mol. The zero-order chi connectivity index (χ0) is 13.7. The molecule has 2 rings (SSSR count). The minimum atomic E-state index is -0.173. The van der Waals surface area contributed by atoms with E-state index in [0.29, 0.717) is 12.6 Å². The Morgan fingerprint density at radius 2 is 2.00 bits per heavy atom. The highest BCUT2D eigenvalue weighted by Crippen LogP contribution is 2.24. The van der Waals surface area contributed by atoms with E-state index in [4.69, 9.17) is 11.0 Å². The number of primary amides is 1. The summed E-state index contributed by atoms with van der Waals surface area (Å²) in [6, 6.07) is 10.3. The van der Waals surface area contributed by atoms with E-state index in [2.05, 4.69) is 11.4 Å². The number of amides is 1. The first kappa shape index (κ1) is 13.6. The Bertz CT molecular complexity index is 484. The second kappa shape index (κ2) is 6.35. The molecule has 4 nitrogen and oxygen atoms in total. The number of benzene rings is 1. The highest BCUT2D eigenvalue weighted by Gasteiger charge is 2.24. The van der Waals surface area contributed by atoms with Crippen LogP contribution in [0.1, 0.15) is 36.8 Å². The monoisotopic (exact) mass is 257 g/mol. The van der Waals surface area contributed by atoms with Crippen molar-refractivity contribution in [2.24, 2.45) is 11.7 Å². The summed E-state index contributed by atoms with van der Waals surface area (Å²) < 4.78 is 0. The van der Waals surface area contributed by atoms with Crippen molar-refractivity contribution in [2.45, 2.75) is 38.3 Å². The first-order chi connectivity index (χ1) is 9.20. The van der Waals surface area contributed by atoms with Crippen molar-refractivity contribution in [3.8, 4) is 6.07 Å². The SMILES string of the molecule is N#Cc1ccccc1CNC1CCC(C(N)=O)CC1. The molecule has 100 valence electrons. The number of nitrogens with one attached hydrogen (secondary N) is 1. The normalized spacial score (nSPS) is 22.7. The molecular formula is C15H19N3O. The average molecular weight is 257 g/mol. The first-order valence-electron chi connectivity index (χ1n) is 6.71. The van der Waals surface area contributed by atoms with Crippen molar-refractivity contribution >= 4 is 5.91 Å². The first-order valence-corrected chi connectivity index (χ1v) is 6.71. The van der Waals surface area contributed by atoms with Gasteiger partial charge in [0.1, 0.15) is 0 Å². The summed E-state index contributed by atoms with van der Waals surface area (Å²) in [6.45, 7) is 0.704. The van der Waals surface area contributed by atoms with Gasteiger partial charge in [0, 0.05) is 18.5 Å². The van der Waals surface area contributed by atoms with Gasteiger partial charge < -0.3 is 11.1 Å². The summed E-state index contributed by atoms with van der Waals surface area (Å²) >= 11 is 0. The molecule has 0 saturated heterocycles. The number of nitriles is 1. The van der Waals surface area contributed by atoms with Gasteiger partial charge in [-0.3, -0.25) is 4.79 Å². The smallest absolute Gasteiger partial charge is 0.220 e. The summed E-state index contributed by atoms with van der Waals surface area (Å²) in [5.41, 5.74) is 7.07. The fourth-order valence-corrected chi connectivity index (χ4v) is 2.62. The van der Waals surface area contributed by atoms with Crippen molar-refractivity contribution in [1.82, 2.24) is 5.32 Å². The van der Waals surface area contributed by atoms with Crippen LogP contribution in [0.15, 0.2) is 24.3 Å². The molecule has 0 bridgehead atoms. The second-order valence-corrected chi connectivity index (χ2v) is 5.10. The van der Waals surface area contributed by atoms with E-state index in [-0.39, 0.29) is 11.8 Å². The van der Waals surface area contributed by atoms with Crippen molar-refractivity contribution in [3.63, 3.8) is 0 Å². The zero-order valence-corrected chi connectivity index (χ0v) is 10.9. The van der Waals surface area contributed by atoms with E-state index in [0.717, 1.165) is 36.8 Å². The third kappa shape index (κ3) is 3.55. The number of carbonyl (C=O) groups is 1. The van der Waals surface area contributed by atoms with Crippen LogP contribution in [0.2, 0.25) is 0 Å². The highest BCUT2D eigenvalue weighted by atomic mass is 16.1. The molecule has 1 aliphatic rings. The van der Waals surface area contributed by atoms with Crippen LogP contribution in [-0.2, 0) is 11.3 Å². The Kier molecular flexibility index (Phi) is 4.53. The van der Waals surface area contributed by atoms with Crippen LogP contribution in [0.4, 0.5) is 0 Å². The second-order valence-electron chi connectivity index (χ2n) is 5.10. The molecule has 1 aromatic rings. The van der Waals surface area contributed by atoms with Gasteiger partial charge in [0.15, 0.2) is 0 Å². The predicted octanol–water partition coefficient (Wildman–Crippen LogP) is 1.69. The molecule has 19 heavy (non-hydrogen) atoms. The summed E-state index contributed by atoms with van der Waals surface area (Å²) in [5, 5.41) is 12.5. The number of rotatable bonds is 4. The van der Waals surface area contributed by atoms with E-state index < -0.39 is 0 Å². The van der Waals surface area contributed by atoms with Crippen molar-refractivity contribution in [1.29, 1.82) is 5.26 Å². The van der Waals surface area contributed by atoms with E-state index in [1.165, 1.54) is 0 Å².